The molecule has 0 aliphatic rings. The molecule has 0 radical (unpaired) electrons. The molecule has 0 spiro atoms. The molecule has 0 aliphatic heterocycles. The maximum absolute atomic E-state index is 12.8. The first-order valence-corrected chi connectivity index (χ1v) is 7.31. The molecule has 2 heterocycles. The van der Waals surface area contributed by atoms with Gasteiger partial charge in [-0.25, -0.2) is 9.50 Å². The zero-order valence-electron chi connectivity index (χ0n) is 12.9. The quantitative estimate of drug-likeness (QED) is 0.775. The van der Waals surface area contributed by atoms with Gasteiger partial charge in [-0.05, 0) is 17.5 Å². The number of benzene rings is 1. The van der Waals surface area contributed by atoms with Crippen LogP contribution in [0.2, 0.25) is 0 Å². The van der Waals surface area contributed by atoms with E-state index in [9.17, 15) is 15.2 Å². The molecule has 0 amide bonds. The number of nitrogens with zero attached hydrogens (tertiary/aromatic N) is 3. The van der Waals surface area contributed by atoms with Crippen molar-refractivity contribution < 1.29 is 5.11 Å². The zero-order chi connectivity index (χ0) is 16.6. The fourth-order valence-electron chi connectivity index (χ4n) is 2.67. The average molecular weight is 308 g/mol. The van der Waals surface area contributed by atoms with Crippen molar-refractivity contribution in [3.8, 4) is 17.3 Å². The molecular weight excluding hydrogens is 292 g/mol. The van der Waals surface area contributed by atoms with E-state index in [-0.39, 0.29) is 18.1 Å². The van der Waals surface area contributed by atoms with Gasteiger partial charge in [-0.3, -0.25) is 9.89 Å². The Morgan fingerprint density at radius 1 is 1.43 bits per heavy atom. The minimum Gasteiger partial charge on any atom is -0.392 e. The number of aliphatic hydroxyl groups excluding tert-OH is 1. The Kier molecular flexibility index (Phi) is 3.72. The van der Waals surface area contributed by atoms with Crippen molar-refractivity contribution in [2.45, 2.75) is 26.4 Å². The summed E-state index contributed by atoms with van der Waals surface area (Å²) in [6.07, 6.45) is 1.47. The standard InChI is InChI=1S/C17H16N4O2/c1-10(2)14-15(12-5-3-4-11(6-12)9-22)20-16-13(7-18)8-19-21(16)17(14)23/h3-6,8,10,19,22H,9H2,1-2H3. The summed E-state index contributed by atoms with van der Waals surface area (Å²) in [5.41, 5.74) is 3.04. The van der Waals surface area contributed by atoms with Crippen molar-refractivity contribution in [2.24, 2.45) is 0 Å². The highest BCUT2D eigenvalue weighted by Crippen LogP contribution is 2.26. The summed E-state index contributed by atoms with van der Waals surface area (Å²) in [5.74, 6) is -0.0338. The fraction of sp³-hybridized carbons (Fsp3) is 0.235. The zero-order valence-corrected chi connectivity index (χ0v) is 12.9. The molecule has 0 saturated heterocycles. The lowest BCUT2D eigenvalue weighted by molar-refractivity contribution is 0.282. The van der Waals surface area contributed by atoms with Crippen LogP contribution >= 0.6 is 0 Å². The third kappa shape index (κ3) is 2.41. The van der Waals surface area contributed by atoms with E-state index < -0.39 is 0 Å². The van der Waals surface area contributed by atoms with Crippen LogP contribution in [-0.2, 0) is 6.61 Å². The number of hydrogen-bond donors (Lipinski definition) is 2. The molecular formula is C17H16N4O2. The summed E-state index contributed by atoms with van der Waals surface area (Å²) in [6, 6.07) is 9.31. The van der Waals surface area contributed by atoms with Gasteiger partial charge in [0.05, 0.1) is 12.3 Å². The SMILES string of the molecule is CC(C)c1c(-c2cccc(CO)c2)nc2c(C#N)c[nH]n2c1=O. The van der Waals surface area contributed by atoms with Crippen molar-refractivity contribution >= 4 is 5.65 Å². The van der Waals surface area contributed by atoms with E-state index in [1.165, 1.54) is 10.7 Å². The molecule has 0 atom stereocenters. The maximum Gasteiger partial charge on any atom is 0.276 e. The van der Waals surface area contributed by atoms with Crippen LogP contribution in [0.5, 0.6) is 0 Å². The number of H-pyrrole nitrogens is 1. The fourth-order valence-corrected chi connectivity index (χ4v) is 2.67. The van der Waals surface area contributed by atoms with Crippen molar-refractivity contribution in [3.05, 3.63) is 57.5 Å². The van der Waals surface area contributed by atoms with Crippen LogP contribution in [0, 0.1) is 11.3 Å². The molecule has 2 aromatic heterocycles. The monoisotopic (exact) mass is 308 g/mol. The average Bonchev–Trinajstić information content (AvgIpc) is 2.97. The van der Waals surface area contributed by atoms with Gasteiger partial charge in [0.25, 0.3) is 5.56 Å². The topological polar surface area (TPSA) is 94.2 Å². The van der Waals surface area contributed by atoms with Gasteiger partial charge in [0, 0.05) is 17.3 Å². The van der Waals surface area contributed by atoms with Crippen LogP contribution < -0.4 is 5.56 Å². The van der Waals surface area contributed by atoms with Crippen molar-refractivity contribution in [3.63, 3.8) is 0 Å². The Morgan fingerprint density at radius 3 is 2.87 bits per heavy atom. The molecule has 3 rings (SSSR count). The Labute approximate surface area is 132 Å². The Morgan fingerprint density at radius 2 is 2.22 bits per heavy atom. The lowest BCUT2D eigenvalue weighted by Crippen LogP contribution is -2.22. The first kappa shape index (κ1) is 15.0. The summed E-state index contributed by atoms with van der Waals surface area (Å²) >= 11 is 0. The number of nitrogens with one attached hydrogen (secondary N) is 1. The van der Waals surface area contributed by atoms with E-state index in [0.717, 1.165) is 11.1 Å². The third-order valence-electron chi connectivity index (χ3n) is 3.78. The van der Waals surface area contributed by atoms with E-state index in [4.69, 9.17) is 0 Å². The summed E-state index contributed by atoms with van der Waals surface area (Å²) in [6.45, 7) is 3.77. The van der Waals surface area contributed by atoms with Crippen LogP contribution in [0.15, 0.2) is 35.3 Å². The van der Waals surface area contributed by atoms with Crippen molar-refractivity contribution in [2.75, 3.05) is 0 Å². The highest BCUT2D eigenvalue weighted by atomic mass is 16.3. The lowest BCUT2D eigenvalue weighted by Gasteiger charge is -2.12. The van der Waals surface area contributed by atoms with Crippen molar-refractivity contribution in [1.29, 1.82) is 5.26 Å². The molecule has 1 aromatic carbocycles. The number of hydrogen-bond acceptors (Lipinski definition) is 4. The van der Waals surface area contributed by atoms with Gasteiger partial charge in [0.15, 0.2) is 5.65 Å². The summed E-state index contributed by atoms with van der Waals surface area (Å²) in [4.78, 5) is 17.3. The van der Waals surface area contributed by atoms with E-state index in [1.54, 1.807) is 6.07 Å². The predicted octanol–water partition coefficient (Wildman–Crippen LogP) is 2.18. The van der Waals surface area contributed by atoms with Gasteiger partial charge in [-0.15, -0.1) is 0 Å². The molecule has 23 heavy (non-hydrogen) atoms. The molecule has 0 aliphatic carbocycles. The Bertz CT molecular complexity index is 976. The second-order valence-corrected chi connectivity index (χ2v) is 5.65. The van der Waals surface area contributed by atoms with Crippen LogP contribution in [-0.4, -0.2) is 19.7 Å². The summed E-state index contributed by atoms with van der Waals surface area (Å²) < 4.78 is 1.30. The van der Waals surface area contributed by atoms with Gasteiger partial charge in [0.2, 0.25) is 0 Å². The lowest BCUT2D eigenvalue weighted by atomic mass is 9.97. The smallest absolute Gasteiger partial charge is 0.276 e. The second-order valence-electron chi connectivity index (χ2n) is 5.65. The number of rotatable bonds is 3. The first-order chi connectivity index (χ1) is 11.1. The largest absolute Gasteiger partial charge is 0.392 e. The number of aromatic nitrogens is 3. The third-order valence-corrected chi connectivity index (χ3v) is 3.78. The van der Waals surface area contributed by atoms with Crippen LogP contribution in [0.25, 0.3) is 16.9 Å². The molecule has 3 aromatic rings. The number of aliphatic hydroxyl groups is 1. The molecule has 0 saturated carbocycles. The van der Waals surface area contributed by atoms with Gasteiger partial charge in [-0.1, -0.05) is 32.0 Å². The van der Waals surface area contributed by atoms with Gasteiger partial charge in [-0.2, -0.15) is 5.26 Å². The highest BCUT2D eigenvalue weighted by Gasteiger charge is 2.19. The Balaban J connectivity index is 2.40. The van der Waals surface area contributed by atoms with Crippen LogP contribution in [0.4, 0.5) is 0 Å². The molecule has 6 nitrogen and oxygen atoms in total. The summed E-state index contributed by atoms with van der Waals surface area (Å²) in [5, 5.41) is 21.3. The number of fused-ring (bicyclic) bond motifs is 1. The number of aromatic amines is 1. The van der Waals surface area contributed by atoms with E-state index in [0.29, 0.717) is 22.5 Å². The molecule has 2 N–H and O–H groups in total. The summed E-state index contributed by atoms with van der Waals surface area (Å²) in [7, 11) is 0. The molecule has 116 valence electrons. The normalized spacial score (nSPS) is 11.1. The molecule has 0 fully saturated rings. The van der Waals surface area contributed by atoms with Gasteiger partial charge >= 0.3 is 0 Å². The first-order valence-electron chi connectivity index (χ1n) is 7.31. The minimum absolute atomic E-state index is 0.0338. The highest BCUT2D eigenvalue weighted by molar-refractivity contribution is 5.68. The number of nitriles is 1. The van der Waals surface area contributed by atoms with E-state index >= 15 is 0 Å². The molecule has 6 heteroatoms. The molecule has 0 unspecified atom stereocenters. The maximum atomic E-state index is 12.8. The minimum atomic E-state index is -0.212. The van der Waals surface area contributed by atoms with E-state index in [2.05, 4.69) is 10.1 Å². The van der Waals surface area contributed by atoms with Crippen LogP contribution in [0.3, 0.4) is 0 Å². The van der Waals surface area contributed by atoms with Gasteiger partial charge in [0.1, 0.15) is 11.6 Å². The Hall–Kier alpha value is -2.91. The van der Waals surface area contributed by atoms with Crippen LogP contribution in [0.1, 0.15) is 36.5 Å². The van der Waals surface area contributed by atoms with E-state index in [1.807, 2.05) is 38.1 Å². The predicted molar refractivity (Wildman–Crippen MR) is 86.0 cm³/mol. The van der Waals surface area contributed by atoms with Gasteiger partial charge < -0.3 is 5.11 Å². The van der Waals surface area contributed by atoms with Crippen molar-refractivity contribution in [1.82, 2.24) is 14.6 Å². The second kappa shape index (κ2) is 5.71. The molecule has 0 bridgehead atoms.